The normalized spacial score (nSPS) is 29.1. The summed E-state index contributed by atoms with van der Waals surface area (Å²) in [6.07, 6.45) is 4.13. The SMILES string of the molecule is C=CCOC(=O)[C@@H]1[C@H]2C(=O)N([C@@H](CC)CO)C(C(=O)N(CC=C)c3c(C)cccc3C)C23CC[C@H]1O3. The third kappa shape index (κ3) is 3.87. The molecule has 2 unspecified atom stereocenters. The lowest BCUT2D eigenvalue weighted by Gasteiger charge is -2.39. The van der Waals surface area contributed by atoms with Crippen molar-refractivity contribution in [3.05, 3.63) is 54.6 Å². The molecule has 3 aliphatic heterocycles. The monoisotopic (exact) mass is 496 g/mol. The van der Waals surface area contributed by atoms with Crippen LogP contribution >= 0.6 is 0 Å². The lowest BCUT2D eigenvalue weighted by Crippen LogP contribution is -2.59. The number of carbonyl (C=O) groups is 3. The van der Waals surface area contributed by atoms with Crippen LogP contribution in [-0.4, -0.2) is 71.3 Å². The Kier molecular flexibility index (Phi) is 7.38. The molecule has 1 spiro atoms. The van der Waals surface area contributed by atoms with E-state index in [0.717, 1.165) is 16.8 Å². The zero-order valence-electron chi connectivity index (χ0n) is 21.3. The van der Waals surface area contributed by atoms with Crippen LogP contribution in [0.3, 0.4) is 0 Å². The number of ether oxygens (including phenoxy) is 2. The van der Waals surface area contributed by atoms with Crippen LogP contribution in [-0.2, 0) is 23.9 Å². The Hall–Kier alpha value is -2.97. The standard InChI is InChI=1S/C28H36N2O6/c1-6-14-29(23-17(4)10-9-11-18(23)5)26(33)24-28-13-12-20(36-28)21(27(34)35-15-7-2)22(28)25(32)30(24)19(8-3)16-31/h6-7,9-11,19-22,24,31H,1-2,8,12-16H2,3-5H3/t19-,20+,21-,22-,24?,28?/m0/s1. The van der Waals surface area contributed by atoms with E-state index in [1.165, 1.54) is 11.0 Å². The topological polar surface area (TPSA) is 96.4 Å². The van der Waals surface area contributed by atoms with Crippen LogP contribution in [0.25, 0.3) is 0 Å². The van der Waals surface area contributed by atoms with E-state index in [1.54, 1.807) is 11.0 Å². The second-order valence-corrected chi connectivity index (χ2v) is 9.94. The van der Waals surface area contributed by atoms with E-state index in [1.807, 2.05) is 39.0 Å². The predicted molar refractivity (Wildman–Crippen MR) is 135 cm³/mol. The second kappa shape index (κ2) is 10.2. The number of rotatable bonds is 10. The summed E-state index contributed by atoms with van der Waals surface area (Å²) in [6.45, 7) is 13.2. The predicted octanol–water partition coefficient (Wildman–Crippen LogP) is 2.70. The minimum atomic E-state index is -1.16. The van der Waals surface area contributed by atoms with E-state index in [2.05, 4.69) is 13.2 Å². The molecule has 194 valence electrons. The van der Waals surface area contributed by atoms with Gasteiger partial charge in [0.25, 0.3) is 5.91 Å². The number of benzene rings is 1. The highest BCUT2D eigenvalue weighted by Gasteiger charge is 2.75. The number of amides is 2. The van der Waals surface area contributed by atoms with Crippen molar-refractivity contribution < 1.29 is 29.0 Å². The van der Waals surface area contributed by atoms with E-state index in [-0.39, 0.29) is 31.6 Å². The molecule has 8 heteroatoms. The molecule has 1 aromatic rings. The molecule has 6 atom stereocenters. The fraction of sp³-hybridized carbons (Fsp3) is 0.536. The number of likely N-dealkylation sites (tertiary alicyclic amines) is 1. The molecule has 36 heavy (non-hydrogen) atoms. The number of anilines is 1. The Morgan fingerprint density at radius 3 is 2.58 bits per heavy atom. The highest BCUT2D eigenvalue weighted by molar-refractivity contribution is 6.05. The maximum atomic E-state index is 14.5. The first-order valence-electron chi connectivity index (χ1n) is 12.6. The van der Waals surface area contributed by atoms with Gasteiger partial charge in [0.15, 0.2) is 0 Å². The van der Waals surface area contributed by atoms with Crippen LogP contribution in [0, 0.1) is 25.7 Å². The molecule has 0 aromatic heterocycles. The highest BCUT2D eigenvalue weighted by Crippen LogP contribution is 2.59. The van der Waals surface area contributed by atoms with Crippen molar-refractivity contribution in [2.75, 3.05) is 24.7 Å². The first kappa shape index (κ1) is 26.1. The molecule has 4 rings (SSSR count). The number of aryl methyl sites for hydroxylation is 2. The largest absolute Gasteiger partial charge is 0.461 e. The van der Waals surface area contributed by atoms with Crippen molar-refractivity contribution in [1.82, 2.24) is 4.90 Å². The summed E-state index contributed by atoms with van der Waals surface area (Å²) in [5.41, 5.74) is 1.45. The number of nitrogens with zero attached hydrogens (tertiary/aromatic N) is 2. The van der Waals surface area contributed by atoms with Gasteiger partial charge in [-0.25, -0.2) is 0 Å². The summed E-state index contributed by atoms with van der Waals surface area (Å²) in [7, 11) is 0. The van der Waals surface area contributed by atoms with Crippen molar-refractivity contribution in [1.29, 1.82) is 0 Å². The molecule has 3 heterocycles. The summed E-state index contributed by atoms with van der Waals surface area (Å²) in [4.78, 5) is 44.7. The molecule has 1 N–H and O–H groups in total. The van der Waals surface area contributed by atoms with Crippen LogP contribution in [0.5, 0.6) is 0 Å². The van der Waals surface area contributed by atoms with Crippen molar-refractivity contribution in [2.24, 2.45) is 11.8 Å². The van der Waals surface area contributed by atoms with E-state index in [4.69, 9.17) is 9.47 Å². The van der Waals surface area contributed by atoms with Crippen LogP contribution in [0.1, 0.15) is 37.3 Å². The number of esters is 1. The van der Waals surface area contributed by atoms with Gasteiger partial charge < -0.3 is 24.4 Å². The van der Waals surface area contributed by atoms with E-state index in [9.17, 15) is 19.5 Å². The number of aliphatic hydroxyl groups is 1. The van der Waals surface area contributed by atoms with E-state index >= 15 is 0 Å². The third-order valence-corrected chi connectivity index (χ3v) is 7.95. The quantitative estimate of drug-likeness (QED) is 0.395. The van der Waals surface area contributed by atoms with Crippen molar-refractivity contribution >= 4 is 23.5 Å². The summed E-state index contributed by atoms with van der Waals surface area (Å²) < 4.78 is 11.8. The number of fused-ring (bicyclic) bond motifs is 1. The third-order valence-electron chi connectivity index (χ3n) is 7.95. The van der Waals surface area contributed by atoms with Gasteiger partial charge >= 0.3 is 5.97 Å². The molecule has 0 aliphatic carbocycles. The van der Waals surface area contributed by atoms with Crippen LogP contribution in [0.4, 0.5) is 5.69 Å². The summed E-state index contributed by atoms with van der Waals surface area (Å²) >= 11 is 0. The zero-order valence-corrected chi connectivity index (χ0v) is 21.3. The zero-order chi connectivity index (χ0) is 26.2. The van der Waals surface area contributed by atoms with Gasteiger partial charge in [-0.3, -0.25) is 14.4 Å². The number of hydrogen-bond donors (Lipinski definition) is 1. The fourth-order valence-electron chi connectivity index (χ4n) is 6.48. The molecule has 2 amide bonds. The molecule has 3 aliphatic rings. The summed E-state index contributed by atoms with van der Waals surface area (Å²) in [5.74, 6) is -2.78. The smallest absolute Gasteiger partial charge is 0.312 e. The maximum absolute atomic E-state index is 14.5. The first-order chi connectivity index (χ1) is 17.3. The van der Waals surface area contributed by atoms with Gasteiger partial charge in [0, 0.05) is 12.2 Å². The van der Waals surface area contributed by atoms with Crippen LogP contribution < -0.4 is 4.90 Å². The molecule has 3 saturated heterocycles. The van der Waals surface area contributed by atoms with Crippen molar-refractivity contribution in [3.8, 4) is 0 Å². The Bertz CT molecular complexity index is 1050. The number of para-hydroxylation sites is 1. The Labute approximate surface area is 212 Å². The molecule has 8 nitrogen and oxygen atoms in total. The average molecular weight is 497 g/mol. The van der Waals surface area contributed by atoms with Gasteiger partial charge in [-0.2, -0.15) is 0 Å². The van der Waals surface area contributed by atoms with Gasteiger partial charge in [0.1, 0.15) is 18.2 Å². The summed E-state index contributed by atoms with van der Waals surface area (Å²) in [6, 6.07) is 4.26. The maximum Gasteiger partial charge on any atom is 0.312 e. The molecule has 2 bridgehead atoms. The van der Waals surface area contributed by atoms with Crippen LogP contribution in [0.15, 0.2) is 43.5 Å². The number of carbonyl (C=O) groups excluding carboxylic acids is 3. The van der Waals surface area contributed by atoms with Gasteiger partial charge in [-0.15, -0.1) is 6.58 Å². The van der Waals surface area contributed by atoms with Crippen LogP contribution in [0.2, 0.25) is 0 Å². The Morgan fingerprint density at radius 1 is 1.31 bits per heavy atom. The first-order valence-corrected chi connectivity index (χ1v) is 12.6. The Balaban J connectivity index is 1.83. The Morgan fingerprint density at radius 2 is 2.00 bits per heavy atom. The molecule has 3 fully saturated rings. The molecule has 1 aromatic carbocycles. The fourth-order valence-corrected chi connectivity index (χ4v) is 6.48. The van der Waals surface area contributed by atoms with E-state index < -0.39 is 41.6 Å². The lowest BCUT2D eigenvalue weighted by atomic mass is 9.70. The number of hydrogen-bond acceptors (Lipinski definition) is 6. The van der Waals surface area contributed by atoms with Crippen molar-refractivity contribution in [3.63, 3.8) is 0 Å². The van der Waals surface area contributed by atoms with Gasteiger partial charge in [0.2, 0.25) is 5.91 Å². The highest BCUT2D eigenvalue weighted by atomic mass is 16.6. The average Bonchev–Trinajstić information content (AvgIpc) is 3.50. The minimum absolute atomic E-state index is 0.0376. The lowest BCUT2D eigenvalue weighted by molar-refractivity contribution is -0.154. The number of aliphatic hydroxyl groups excluding tert-OH is 1. The van der Waals surface area contributed by atoms with E-state index in [0.29, 0.717) is 19.3 Å². The molecule has 0 saturated carbocycles. The molecular formula is C28H36N2O6. The van der Waals surface area contributed by atoms with Crippen molar-refractivity contribution in [2.45, 2.75) is 63.8 Å². The second-order valence-electron chi connectivity index (χ2n) is 9.94. The minimum Gasteiger partial charge on any atom is -0.461 e. The van der Waals surface area contributed by atoms with Gasteiger partial charge in [0.05, 0.1) is 30.6 Å². The molecule has 0 radical (unpaired) electrons. The van der Waals surface area contributed by atoms with Gasteiger partial charge in [-0.1, -0.05) is 43.9 Å². The molecular weight excluding hydrogens is 460 g/mol. The van der Waals surface area contributed by atoms with Gasteiger partial charge in [-0.05, 0) is 44.2 Å². The summed E-state index contributed by atoms with van der Waals surface area (Å²) in [5, 5.41) is 10.2.